The molecule has 0 aliphatic heterocycles. The first-order valence-corrected chi connectivity index (χ1v) is 14.3. The topological polar surface area (TPSA) is 149 Å². The van der Waals surface area contributed by atoms with Crippen LogP contribution < -0.4 is 0 Å². The molecule has 0 saturated heterocycles. The summed E-state index contributed by atoms with van der Waals surface area (Å²) in [6, 6.07) is 0. The Morgan fingerprint density at radius 2 is 0.415 bits per heavy atom. The maximum atomic E-state index is 11.7. The molecule has 0 bridgehead atoms. The number of carbonyl (C=O) groups is 4. The average molecular weight is 876 g/mol. The second-order valence-corrected chi connectivity index (χ2v) is 14.6. The minimum atomic E-state index is -4.85. The first-order valence-electron chi connectivity index (χ1n) is 14.3. The van der Waals surface area contributed by atoms with Crippen molar-refractivity contribution in [2.75, 3.05) is 0 Å². The molecular formula is C32H44F12O8Zr. The Kier molecular flexibility index (Phi) is 23.6. The number of ketones is 4. The van der Waals surface area contributed by atoms with Gasteiger partial charge >= 0.3 is 24.7 Å². The zero-order valence-electron chi connectivity index (χ0n) is 30.8. The van der Waals surface area contributed by atoms with Crippen LogP contribution in [0, 0.1) is 21.7 Å². The molecule has 0 rings (SSSR count). The van der Waals surface area contributed by atoms with E-state index in [4.69, 9.17) is 20.4 Å². The van der Waals surface area contributed by atoms with Crippen LogP contribution in [0.4, 0.5) is 52.7 Å². The Hall–Kier alpha value is -3.12. The summed E-state index contributed by atoms with van der Waals surface area (Å²) in [5.74, 6) is -10.5. The number of carbonyl (C=O) groups excluding carboxylic acids is 4. The smallest absolute Gasteiger partial charge is 0.448 e. The van der Waals surface area contributed by atoms with Gasteiger partial charge < -0.3 is 20.4 Å². The molecule has 0 radical (unpaired) electrons. The summed E-state index contributed by atoms with van der Waals surface area (Å²) in [7, 11) is 0. The number of aliphatic hydroxyl groups is 4. The number of rotatable bonds is 4. The molecule has 0 saturated carbocycles. The van der Waals surface area contributed by atoms with Crippen LogP contribution in [0.5, 0.6) is 0 Å². The predicted octanol–water partition coefficient (Wildman–Crippen LogP) is 10.4. The van der Waals surface area contributed by atoms with Crippen molar-refractivity contribution in [1.82, 2.24) is 0 Å². The van der Waals surface area contributed by atoms with Crippen LogP contribution in [-0.4, -0.2) is 68.3 Å². The summed E-state index contributed by atoms with van der Waals surface area (Å²) < 4.78 is 141. The third-order valence-corrected chi connectivity index (χ3v) is 5.19. The third-order valence-electron chi connectivity index (χ3n) is 5.19. The van der Waals surface area contributed by atoms with Crippen LogP contribution in [0.15, 0.2) is 47.3 Å². The van der Waals surface area contributed by atoms with Gasteiger partial charge in [0.1, 0.15) is 0 Å². The van der Waals surface area contributed by atoms with Gasteiger partial charge in [-0.05, 0) is 0 Å². The number of allylic oxidation sites excluding steroid dienone is 8. The number of hydrogen-bond donors (Lipinski definition) is 4. The summed E-state index contributed by atoms with van der Waals surface area (Å²) in [4.78, 5) is 43.9. The monoisotopic (exact) mass is 874 g/mol. The number of aliphatic hydroxyl groups excluding tert-OH is 4. The number of alkyl halides is 12. The SMILES string of the molecule is CC(C)(C)C(=O)C=C(O)C(F)(F)F.CC(C)(C)C(=O)C=C(O)C(F)(F)F.CC(C)(C)C(=O)C=C(O)C(F)(F)F.CC(C)(C)C(=O)C=C(O)C(F)(F)F.[Zr]. The first-order chi connectivity index (χ1) is 22.2. The first kappa shape index (κ1) is 59.2. The Balaban J connectivity index is -0.000000192. The molecule has 21 heteroatoms. The van der Waals surface area contributed by atoms with E-state index in [1.165, 1.54) is 83.1 Å². The summed E-state index contributed by atoms with van der Waals surface area (Å²) in [5, 5.41) is 33.7. The molecule has 53 heavy (non-hydrogen) atoms. The van der Waals surface area contributed by atoms with Gasteiger partial charge in [0.25, 0.3) is 0 Å². The molecule has 0 heterocycles. The average Bonchev–Trinajstić information content (AvgIpc) is 2.85. The number of hydrogen-bond acceptors (Lipinski definition) is 8. The minimum Gasteiger partial charge on any atom is -0.504 e. The van der Waals surface area contributed by atoms with Crippen LogP contribution in [-0.2, 0) is 45.4 Å². The minimum absolute atomic E-state index is 0. The second-order valence-electron chi connectivity index (χ2n) is 14.6. The van der Waals surface area contributed by atoms with Crippen molar-refractivity contribution in [3.05, 3.63) is 47.3 Å². The molecule has 308 valence electrons. The third kappa shape index (κ3) is 29.0. The molecule has 0 spiro atoms. The van der Waals surface area contributed by atoms with Gasteiger partial charge in [0.05, 0.1) is 0 Å². The molecule has 0 aliphatic rings. The van der Waals surface area contributed by atoms with E-state index in [0.717, 1.165) is 0 Å². The summed E-state index contributed by atoms with van der Waals surface area (Å²) in [6.45, 7) is 17.6. The van der Waals surface area contributed by atoms with Gasteiger partial charge in [-0.1, -0.05) is 83.1 Å². The van der Waals surface area contributed by atoms with Gasteiger partial charge in [-0.25, -0.2) is 0 Å². The zero-order chi connectivity index (χ0) is 43.4. The quantitative estimate of drug-likeness (QED) is 0.124. The Morgan fingerprint density at radius 1 is 0.321 bits per heavy atom. The molecule has 0 amide bonds. The zero-order valence-corrected chi connectivity index (χ0v) is 33.2. The Bertz CT molecular complexity index is 1150. The van der Waals surface area contributed by atoms with Crippen molar-refractivity contribution in [2.45, 2.75) is 108 Å². The molecule has 0 aromatic carbocycles. The van der Waals surface area contributed by atoms with Crippen molar-refractivity contribution in [3.8, 4) is 0 Å². The summed E-state index contributed by atoms with van der Waals surface area (Å²) in [6.07, 6.45) is -18.6. The van der Waals surface area contributed by atoms with Crippen molar-refractivity contribution in [2.24, 2.45) is 21.7 Å². The fourth-order valence-corrected chi connectivity index (χ4v) is 1.69. The molecule has 0 atom stereocenters. The van der Waals surface area contributed by atoms with Crippen LogP contribution in [0.2, 0.25) is 0 Å². The largest absolute Gasteiger partial charge is 0.504 e. The van der Waals surface area contributed by atoms with Gasteiger partial charge in [0, 0.05) is 72.2 Å². The van der Waals surface area contributed by atoms with Crippen LogP contribution in [0.25, 0.3) is 0 Å². The van der Waals surface area contributed by atoms with E-state index >= 15 is 0 Å². The van der Waals surface area contributed by atoms with Crippen molar-refractivity contribution in [1.29, 1.82) is 0 Å². The van der Waals surface area contributed by atoms with Crippen molar-refractivity contribution >= 4 is 23.1 Å². The van der Waals surface area contributed by atoms with Crippen molar-refractivity contribution < 1.29 is 118 Å². The van der Waals surface area contributed by atoms with E-state index < -0.39 is 92.5 Å². The molecule has 4 N–H and O–H groups in total. The van der Waals surface area contributed by atoms with E-state index in [1.807, 2.05) is 0 Å². The maximum absolute atomic E-state index is 11.7. The fraction of sp³-hybridized carbons (Fsp3) is 0.625. The molecule has 0 unspecified atom stereocenters. The van der Waals surface area contributed by atoms with E-state index in [1.54, 1.807) is 0 Å². The molecule has 0 aromatic rings. The van der Waals surface area contributed by atoms with E-state index in [0.29, 0.717) is 0 Å². The number of halogens is 12. The van der Waals surface area contributed by atoms with Crippen LogP contribution in [0.1, 0.15) is 83.1 Å². The second kappa shape index (κ2) is 21.1. The van der Waals surface area contributed by atoms with Crippen molar-refractivity contribution in [3.63, 3.8) is 0 Å². The molecule has 0 fully saturated rings. The standard InChI is InChI=1S/4C8H11F3O2.Zr/c4*1-7(2,3)5(12)4-6(13)8(9,10)11;/h4*4,13H,1-3H3;. The Labute approximate surface area is 317 Å². The van der Waals surface area contributed by atoms with E-state index in [-0.39, 0.29) is 50.5 Å². The van der Waals surface area contributed by atoms with Crippen LogP contribution in [0.3, 0.4) is 0 Å². The molecule has 0 aliphatic carbocycles. The van der Waals surface area contributed by atoms with Gasteiger partial charge in [0.15, 0.2) is 23.1 Å². The summed E-state index contributed by atoms with van der Waals surface area (Å²) in [5.41, 5.74) is -3.67. The van der Waals surface area contributed by atoms with E-state index in [9.17, 15) is 71.9 Å². The molecule has 0 aromatic heterocycles. The maximum Gasteiger partial charge on any atom is 0.448 e. The fourth-order valence-electron chi connectivity index (χ4n) is 1.69. The predicted molar refractivity (Wildman–Crippen MR) is 165 cm³/mol. The van der Waals surface area contributed by atoms with Gasteiger partial charge in [-0.3, -0.25) is 19.2 Å². The van der Waals surface area contributed by atoms with Crippen LogP contribution >= 0.6 is 0 Å². The van der Waals surface area contributed by atoms with Gasteiger partial charge in [0.2, 0.25) is 23.0 Å². The Morgan fingerprint density at radius 3 is 0.472 bits per heavy atom. The molecule has 8 nitrogen and oxygen atoms in total. The van der Waals surface area contributed by atoms with E-state index in [2.05, 4.69) is 0 Å². The van der Waals surface area contributed by atoms with Gasteiger partial charge in [-0.2, -0.15) is 52.7 Å². The summed E-state index contributed by atoms with van der Waals surface area (Å²) >= 11 is 0. The molecular weight excluding hydrogens is 832 g/mol. The van der Waals surface area contributed by atoms with Gasteiger partial charge in [-0.15, -0.1) is 0 Å². The normalized spacial score (nSPS) is 14.2.